The van der Waals surface area contributed by atoms with E-state index in [1.54, 1.807) is 6.08 Å². The molecule has 0 aromatic rings. The Hall–Kier alpha value is -1.99. The van der Waals surface area contributed by atoms with E-state index in [0.29, 0.717) is 12.8 Å². The van der Waals surface area contributed by atoms with E-state index < -0.39 is 124 Å². The number of carbonyl (C=O) groups is 1. The molecule has 3 aliphatic rings. The Bertz CT molecular complexity index is 1550. The zero-order chi connectivity index (χ0) is 56.2. The molecule has 3 aliphatic heterocycles. The van der Waals surface area contributed by atoms with Crippen LogP contribution in [-0.4, -0.2) is 193 Å². The Kier molecular flexibility index (Phi) is 37.7. The summed E-state index contributed by atoms with van der Waals surface area (Å²) >= 11 is 0. The fourth-order valence-corrected chi connectivity index (χ4v) is 9.99. The quantitative estimate of drug-likeness (QED) is 0.0285. The molecule has 0 aromatic carbocycles. The summed E-state index contributed by atoms with van der Waals surface area (Å²) in [5.74, 6) is -0.316. The van der Waals surface area contributed by atoms with Gasteiger partial charge >= 0.3 is 0 Å². The number of amides is 1. The molecular formula is C58H105NO18. The molecule has 0 aromatic heterocycles. The fourth-order valence-electron chi connectivity index (χ4n) is 9.99. The fraction of sp³-hybridized carbons (Fsp3) is 0.879. The molecule has 3 fully saturated rings. The van der Waals surface area contributed by atoms with Crippen LogP contribution in [0.1, 0.15) is 194 Å². The highest BCUT2D eigenvalue weighted by Crippen LogP contribution is 2.33. The second kappa shape index (κ2) is 41.9. The van der Waals surface area contributed by atoms with Crippen LogP contribution < -0.4 is 5.32 Å². The normalized spacial score (nSPS) is 30.9. The maximum Gasteiger partial charge on any atom is 0.220 e. The number of hydrogen-bond acceptors (Lipinski definition) is 18. The molecule has 450 valence electrons. The highest BCUT2D eigenvalue weighted by Gasteiger charge is 2.53. The van der Waals surface area contributed by atoms with Gasteiger partial charge in [0.25, 0.3) is 0 Å². The predicted molar refractivity (Wildman–Crippen MR) is 291 cm³/mol. The van der Waals surface area contributed by atoms with Crippen molar-refractivity contribution in [2.24, 2.45) is 0 Å². The number of hydrogen-bond donors (Lipinski definition) is 12. The van der Waals surface area contributed by atoms with Gasteiger partial charge in [-0.15, -0.1) is 0 Å². The highest BCUT2D eigenvalue weighted by molar-refractivity contribution is 5.76. The third-order valence-corrected chi connectivity index (χ3v) is 14.9. The summed E-state index contributed by atoms with van der Waals surface area (Å²) < 4.78 is 34.0. The standard InChI is InChI=1S/C58H105NO18/c1-3-5-7-8-9-10-11-12-13-14-15-16-17-18-19-20-21-22-23-24-25-26-27-28-29-30-31-32-34-35-42(63)41(59-46(64)36-33-6-4-2)40-72-56-52(70)49(67)54(44(38-61)74-56)77-58-53(71)50(68)55(45(39-62)75-58)76-57-51(69)48(66)47(65)43(37-60)73-57/h25-26,29-30,34-35,41-45,47-58,60-63,65-71H,3-24,27-28,31-33,36-40H2,1-2H3,(H,59,64)/b26-25+,30-29+,35-34+. The van der Waals surface area contributed by atoms with Gasteiger partial charge in [-0.3, -0.25) is 4.79 Å². The van der Waals surface area contributed by atoms with Crippen molar-refractivity contribution in [1.29, 1.82) is 0 Å². The van der Waals surface area contributed by atoms with Crippen molar-refractivity contribution in [2.45, 2.75) is 298 Å². The Morgan fingerprint density at radius 3 is 1.30 bits per heavy atom. The summed E-state index contributed by atoms with van der Waals surface area (Å²) in [6.45, 7) is 1.49. The van der Waals surface area contributed by atoms with Crippen LogP contribution in [-0.2, 0) is 33.2 Å². The lowest BCUT2D eigenvalue weighted by Crippen LogP contribution is -2.66. The summed E-state index contributed by atoms with van der Waals surface area (Å²) in [5, 5.41) is 119. The maximum atomic E-state index is 12.9. The topological polar surface area (TPSA) is 307 Å². The molecule has 12 N–H and O–H groups in total. The van der Waals surface area contributed by atoms with Crippen molar-refractivity contribution in [1.82, 2.24) is 5.32 Å². The molecule has 0 bridgehead atoms. The van der Waals surface area contributed by atoms with E-state index in [1.807, 2.05) is 13.0 Å². The average Bonchev–Trinajstić information content (AvgIpc) is 3.44. The number of ether oxygens (including phenoxy) is 6. The maximum absolute atomic E-state index is 12.9. The molecule has 0 aliphatic carbocycles. The summed E-state index contributed by atoms with van der Waals surface area (Å²) in [5.41, 5.74) is 0. The largest absolute Gasteiger partial charge is 0.394 e. The monoisotopic (exact) mass is 1100 g/mol. The number of aliphatic hydroxyl groups excluding tert-OH is 11. The minimum Gasteiger partial charge on any atom is -0.394 e. The molecule has 1 amide bonds. The first-order valence-corrected chi connectivity index (χ1v) is 29.7. The van der Waals surface area contributed by atoms with E-state index in [0.717, 1.165) is 38.5 Å². The van der Waals surface area contributed by atoms with Crippen molar-refractivity contribution in [3.05, 3.63) is 36.5 Å². The number of aliphatic hydroxyl groups is 11. The molecular weight excluding hydrogens is 999 g/mol. The van der Waals surface area contributed by atoms with Gasteiger partial charge in [-0.1, -0.05) is 179 Å². The second-order valence-electron chi connectivity index (χ2n) is 21.4. The van der Waals surface area contributed by atoms with Gasteiger partial charge in [-0.05, 0) is 44.9 Å². The van der Waals surface area contributed by atoms with Crippen LogP contribution in [0.5, 0.6) is 0 Å². The Morgan fingerprint density at radius 1 is 0.455 bits per heavy atom. The van der Waals surface area contributed by atoms with Crippen LogP contribution in [0.2, 0.25) is 0 Å². The third-order valence-electron chi connectivity index (χ3n) is 14.9. The molecule has 17 atom stereocenters. The number of rotatable bonds is 43. The van der Waals surface area contributed by atoms with E-state index in [2.05, 4.69) is 36.5 Å². The van der Waals surface area contributed by atoms with Crippen LogP contribution >= 0.6 is 0 Å². The SMILES string of the molecule is CCCCCCCCCCCCCCCCCCCCC/C=C/CC/C=C/CC/C=C/C(O)C(COC1OC(CO)C(OC2OC(CO)C(OC3OC(CO)C(O)C(O)C3O)C(O)C2O)C(O)C1O)NC(=O)CCCCC. The molecule has 77 heavy (non-hydrogen) atoms. The highest BCUT2D eigenvalue weighted by atomic mass is 16.8. The first-order valence-electron chi connectivity index (χ1n) is 29.7. The lowest BCUT2D eigenvalue weighted by molar-refractivity contribution is -0.379. The predicted octanol–water partition coefficient (Wildman–Crippen LogP) is 4.93. The molecule has 0 radical (unpaired) electrons. The van der Waals surface area contributed by atoms with Crippen molar-refractivity contribution in [3.8, 4) is 0 Å². The number of unbranched alkanes of at least 4 members (excludes halogenated alkanes) is 23. The Morgan fingerprint density at radius 2 is 0.831 bits per heavy atom. The lowest BCUT2D eigenvalue weighted by Gasteiger charge is -2.48. The number of allylic oxidation sites excluding steroid dienone is 5. The minimum absolute atomic E-state index is 0.217. The van der Waals surface area contributed by atoms with Gasteiger partial charge in [0, 0.05) is 6.42 Å². The van der Waals surface area contributed by atoms with Crippen molar-refractivity contribution in [2.75, 3.05) is 26.4 Å². The van der Waals surface area contributed by atoms with Crippen molar-refractivity contribution in [3.63, 3.8) is 0 Å². The van der Waals surface area contributed by atoms with Gasteiger partial charge in [-0.25, -0.2) is 0 Å². The summed E-state index contributed by atoms with van der Waals surface area (Å²) in [4.78, 5) is 12.9. The van der Waals surface area contributed by atoms with Crippen LogP contribution in [0.15, 0.2) is 36.5 Å². The van der Waals surface area contributed by atoms with Crippen LogP contribution in [0.4, 0.5) is 0 Å². The summed E-state index contributed by atoms with van der Waals surface area (Å²) in [6.07, 6.45) is 18.6. The van der Waals surface area contributed by atoms with E-state index in [4.69, 9.17) is 28.4 Å². The summed E-state index contributed by atoms with van der Waals surface area (Å²) in [6, 6.07) is -0.989. The minimum atomic E-state index is -1.98. The average molecular weight is 1100 g/mol. The molecule has 19 heteroatoms. The molecule has 3 heterocycles. The smallest absolute Gasteiger partial charge is 0.220 e. The zero-order valence-electron chi connectivity index (χ0n) is 46.7. The Balaban J connectivity index is 1.36. The van der Waals surface area contributed by atoms with Crippen molar-refractivity contribution < 1.29 is 89.4 Å². The molecule has 3 rings (SSSR count). The van der Waals surface area contributed by atoms with Crippen LogP contribution in [0, 0.1) is 0 Å². The lowest BCUT2D eigenvalue weighted by atomic mass is 9.96. The zero-order valence-corrected chi connectivity index (χ0v) is 46.7. The van der Waals surface area contributed by atoms with Gasteiger partial charge in [0.05, 0.1) is 38.6 Å². The van der Waals surface area contributed by atoms with E-state index in [1.165, 1.54) is 122 Å². The molecule has 19 nitrogen and oxygen atoms in total. The van der Waals surface area contributed by atoms with Gasteiger partial charge in [0.1, 0.15) is 73.2 Å². The van der Waals surface area contributed by atoms with E-state index in [9.17, 15) is 61.0 Å². The van der Waals surface area contributed by atoms with Gasteiger partial charge in [0.15, 0.2) is 18.9 Å². The van der Waals surface area contributed by atoms with E-state index >= 15 is 0 Å². The molecule has 0 saturated carbocycles. The third kappa shape index (κ3) is 26.2. The van der Waals surface area contributed by atoms with Gasteiger partial charge in [-0.2, -0.15) is 0 Å². The van der Waals surface area contributed by atoms with Crippen molar-refractivity contribution >= 4 is 5.91 Å². The second-order valence-corrected chi connectivity index (χ2v) is 21.4. The molecule has 3 saturated heterocycles. The number of nitrogens with one attached hydrogen (secondary N) is 1. The summed E-state index contributed by atoms with van der Waals surface area (Å²) in [7, 11) is 0. The first-order chi connectivity index (χ1) is 37.3. The van der Waals surface area contributed by atoms with E-state index in [-0.39, 0.29) is 18.9 Å². The van der Waals surface area contributed by atoms with Crippen LogP contribution in [0.25, 0.3) is 0 Å². The first kappa shape index (κ1) is 69.3. The van der Waals surface area contributed by atoms with Crippen LogP contribution in [0.3, 0.4) is 0 Å². The van der Waals surface area contributed by atoms with Gasteiger partial charge < -0.3 is 89.9 Å². The Labute approximate surface area is 460 Å². The molecule has 0 spiro atoms. The van der Waals surface area contributed by atoms with Gasteiger partial charge in [0.2, 0.25) is 5.91 Å². The molecule has 17 unspecified atom stereocenters. The number of carbonyl (C=O) groups excluding carboxylic acids is 1.